The fourth-order valence-corrected chi connectivity index (χ4v) is 2.23. The number of halogens is 1. The van der Waals surface area contributed by atoms with E-state index in [1.165, 1.54) is 12.1 Å². The molecular formula is C15H20FN3. The molecule has 2 N–H and O–H groups in total. The summed E-state index contributed by atoms with van der Waals surface area (Å²) in [5, 5.41) is 4.54. The fraction of sp³-hybridized carbons (Fsp3) is 0.400. The van der Waals surface area contributed by atoms with Crippen LogP contribution >= 0.6 is 0 Å². The molecule has 0 saturated carbocycles. The number of hydrogen-bond acceptors (Lipinski definition) is 2. The van der Waals surface area contributed by atoms with Gasteiger partial charge in [0.05, 0.1) is 5.69 Å². The summed E-state index contributed by atoms with van der Waals surface area (Å²) in [4.78, 5) is 0. The normalized spacial score (nSPS) is 11.9. The van der Waals surface area contributed by atoms with Crippen LogP contribution in [-0.4, -0.2) is 9.78 Å². The van der Waals surface area contributed by atoms with E-state index in [0.717, 1.165) is 22.4 Å². The van der Waals surface area contributed by atoms with Crippen LogP contribution in [-0.2, 0) is 19.0 Å². The van der Waals surface area contributed by atoms with Crippen LogP contribution in [0.4, 0.5) is 4.39 Å². The van der Waals surface area contributed by atoms with Crippen molar-refractivity contribution in [2.75, 3.05) is 0 Å². The van der Waals surface area contributed by atoms with Gasteiger partial charge in [0.15, 0.2) is 0 Å². The summed E-state index contributed by atoms with van der Waals surface area (Å²) >= 11 is 0. The van der Waals surface area contributed by atoms with Crippen LogP contribution in [0, 0.1) is 5.82 Å². The van der Waals surface area contributed by atoms with Crippen LogP contribution in [0.3, 0.4) is 0 Å². The maximum atomic E-state index is 13.3. The Morgan fingerprint density at radius 1 is 1.26 bits per heavy atom. The second kappa shape index (κ2) is 4.78. The number of hydrogen-bond donors (Lipinski definition) is 1. The van der Waals surface area contributed by atoms with Gasteiger partial charge in [0.25, 0.3) is 0 Å². The SMILES string of the molecule is Cn1cc(-c2ccc(F)cc2CN)c(C(C)(C)C)n1. The monoisotopic (exact) mass is 261 g/mol. The predicted octanol–water partition coefficient (Wildman–Crippen LogP) is 2.98. The minimum absolute atomic E-state index is 0.0726. The van der Waals surface area contributed by atoms with Crippen LogP contribution in [0.15, 0.2) is 24.4 Å². The quantitative estimate of drug-likeness (QED) is 0.903. The number of aromatic nitrogens is 2. The van der Waals surface area contributed by atoms with E-state index in [1.54, 1.807) is 10.7 Å². The molecule has 0 amide bonds. The zero-order valence-electron chi connectivity index (χ0n) is 11.9. The third kappa shape index (κ3) is 2.68. The zero-order chi connectivity index (χ0) is 14.2. The highest BCUT2D eigenvalue weighted by molar-refractivity contribution is 5.70. The lowest BCUT2D eigenvalue weighted by Gasteiger charge is -2.18. The lowest BCUT2D eigenvalue weighted by atomic mass is 9.86. The van der Waals surface area contributed by atoms with Crippen molar-refractivity contribution in [1.82, 2.24) is 9.78 Å². The van der Waals surface area contributed by atoms with Crippen molar-refractivity contribution in [3.8, 4) is 11.1 Å². The van der Waals surface area contributed by atoms with Gasteiger partial charge in [-0.2, -0.15) is 5.10 Å². The van der Waals surface area contributed by atoms with Crippen molar-refractivity contribution in [1.29, 1.82) is 0 Å². The topological polar surface area (TPSA) is 43.8 Å². The molecule has 0 unspecified atom stereocenters. The van der Waals surface area contributed by atoms with E-state index in [0.29, 0.717) is 6.54 Å². The van der Waals surface area contributed by atoms with Gasteiger partial charge < -0.3 is 5.73 Å². The summed E-state index contributed by atoms with van der Waals surface area (Å²) in [5.41, 5.74) is 9.44. The molecule has 1 aromatic heterocycles. The highest BCUT2D eigenvalue weighted by Crippen LogP contribution is 2.33. The molecule has 0 atom stereocenters. The lowest BCUT2D eigenvalue weighted by molar-refractivity contribution is 0.554. The third-order valence-corrected chi connectivity index (χ3v) is 3.12. The number of nitrogens with zero attached hydrogens (tertiary/aromatic N) is 2. The van der Waals surface area contributed by atoms with Gasteiger partial charge in [-0.05, 0) is 23.3 Å². The number of nitrogens with two attached hydrogens (primary N) is 1. The van der Waals surface area contributed by atoms with E-state index in [4.69, 9.17) is 5.73 Å². The van der Waals surface area contributed by atoms with Crippen LogP contribution in [0.1, 0.15) is 32.0 Å². The first kappa shape index (κ1) is 13.7. The molecule has 1 heterocycles. The van der Waals surface area contributed by atoms with Gasteiger partial charge in [0, 0.05) is 30.8 Å². The summed E-state index contributed by atoms with van der Waals surface area (Å²) in [6, 6.07) is 4.74. The fourth-order valence-electron chi connectivity index (χ4n) is 2.23. The minimum atomic E-state index is -0.259. The maximum absolute atomic E-state index is 13.3. The molecule has 0 bridgehead atoms. The molecule has 2 rings (SSSR count). The molecular weight excluding hydrogens is 241 g/mol. The second-order valence-corrected chi connectivity index (χ2v) is 5.82. The number of aryl methyl sites for hydroxylation is 1. The van der Waals surface area contributed by atoms with Gasteiger partial charge in [-0.3, -0.25) is 4.68 Å². The van der Waals surface area contributed by atoms with E-state index in [2.05, 4.69) is 25.9 Å². The summed E-state index contributed by atoms with van der Waals surface area (Å²) in [6.45, 7) is 6.66. The van der Waals surface area contributed by atoms with E-state index in [-0.39, 0.29) is 11.2 Å². The van der Waals surface area contributed by atoms with Gasteiger partial charge >= 0.3 is 0 Å². The summed E-state index contributed by atoms with van der Waals surface area (Å²) in [7, 11) is 1.89. The molecule has 102 valence electrons. The Morgan fingerprint density at radius 2 is 1.95 bits per heavy atom. The van der Waals surface area contributed by atoms with Gasteiger partial charge in [0.1, 0.15) is 5.82 Å². The Morgan fingerprint density at radius 3 is 2.53 bits per heavy atom. The van der Waals surface area contributed by atoms with Gasteiger partial charge in [0.2, 0.25) is 0 Å². The predicted molar refractivity (Wildman–Crippen MR) is 75.2 cm³/mol. The van der Waals surface area contributed by atoms with Crippen molar-refractivity contribution in [3.05, 3.63) is 41.5 Å². The van der Waals surface area contributed by atoms with Crippen LogP contribution in [0.2, 0.25) is 0 Å². The number of benzene rings is 1. The second-order valence-electron chi connectivity index (χ2n) is 5.82. The van der Waals surface area contributed by atoms with Crippen molar-refractivity contribution < 1.29 is 4.39 Å². The third-order valence-electron chi connectivity index (χ3n) is 3.12. The smallest absolute Gasteiger partial charge is 0.123 e. The molecule has 0 aliphatic carbocycles. The largest absolute Gasteiger partial charge is 0.326 e. The number of rotatable bonds is 2. The van der Waals surface area contributed by atoms with Crippen LogP contribution in [0.25, 0.3) is 11.1 Å². The lowest BCUT2D eigenvalue weighted by Crippen LogP contribution is -2.14. The van der Waals surface area contributed by atoms with E-state index < -0.39 is 0 Å². The summed E-state index contributed by atoms with van der Waals surface area (Å²) in [5.74, 6) is -0.259. The van der Waals surface area contributed by atoms with Gasteiger partial charge in [-0.1, -0.05) is 26.8 Å². The zero-order valence-corrected chi connectivity index (χ0v) is 11.9. The van der Waals surface area contributed by atoms with Crippen LogP contribution in [0.5, 0.6) is 0 Å². The molecule has 0 aliphatic heterocycles. The van der Waals surface area contributed by atoms with Crippen molar-refractivity contribution >= 4 is 0 Å². The van der Waals surface area contributed by atoms with Crippen LogP contribution < -0.4 is 5.73 Å². The van der Waals surface area contributed by atoms with Gasteiger partial charge in [-0.25, -0.2) is 4.39 Å². The Hall–Kier alpha value is -1.68. The maximum Gasteiger partial charge on any atom is 0.123 e. The average Bonchev–Trinajstić information content (AvgIpc) is 2.70. The molecule has 19 heavy (non-hydrogen) atoms. The average molecular weight is 261 g/mol. The summed E-state index contributed by atoms with van der Waals surface area (Å²) in [6.07, 6.45) is 1.97. The molecule has 0 radical (unpaired) electrons. The first-order chi connectivity index (χ1) is 8.82. The summed E-state index contributed by atoms with van der Waals surface area (Å²) < 4.78 is 15.1. The standard InChI is InChI=1S/C15H20FN3/c1-15(2,3)14-13(9-19(4)18-14)12-6-5-11(16)7-10(12)8-17/h5-7,9H,8,17H2,1-4H3. The van der Waals surface area contributed by atoms with Gasteiger partial charge in [-0.15, -0.1) is 0 Å². The molecule has 0 aliphatic rings. The highest BCUT2D eigenvalue weighted by atomic mass is 19.1. The van der Waals surface area contributed by atoms with Crippen molar-refractivity contribution in [2.45, 2.75) is 32.7 Å². The Balaban J connectivity index is 2.65. The molecule has 0 spiro atoms. The Kier molecular flexibility index (Phi) is 3.45. The Labute approximate surface area is 113 Å². The first-order valence-corrected chi connectivity index (χ1v) is 6.36. The van der Waals surface area contributed by atoms with Crippen molar-refractivity contribution in [2.24, 2.45) is 12.8 Å². The molecule has 3 nitrogen and oxygen atoms in total. The molecule has 1 aromatic carbocycles. The first-order valence-electron chi connectivity index (χ1n) is 6.36. The Bertz CT molecular complexity index is 594. The molecule has 0 saturated heterocycles. The van der Waals surface area contributed by atoms with E-state index in [9.17, 15) is 4.39 Å². The molecule has 0 fully saturated rings. The van der Waals surface area contributed by atoms with E-state index >= 15 is 0 Å². The molecule has 4 heteroatoms. The van der Waals surface area contributed by atoms with E-state index in [1.807, 2.05) is 13.2 Å². The van der Waals surface area contributed by atoms with Crippen molar-refractivity contribution in [3.63, 3.8) is 0 Å². The highest BCUT2D eigenvalue weighted by Gasteiger charge is 2.23. The molecule has 2 aromatic rings. The minimum Gasteiger partial charge on any atom is -0.326 e.